The molecule has 0 aliphatic heterocycles. The Labute approximate surface area is 126 Å². The molecule has 4 nitrogen and oxygen atoms in total. The van der Waals surface area contributed by atoms with Gasteiger partial charge < -0.3 is 0 Å². The van der Waals surface area contributed by atoms with Gasteiger partial charge in [0.1, 0.15) is 0 Å². The molecule has 0 saturated heterocycles. The molecule has 3 heterocycles. The van der Waals surface area contributed by atoms with Gasteiger partial charge in [0.25, 0.3) is 0 Å². The molecular formula is C16H12N4S. The van der Waals surface area contributed by atoms with Gasteiger partial charge in [-0.05, 0) is 36.4 Å². The summed E-state index contributed by atoms with van der Waals surface area (Å²) < 4.78 is 0. The maximum Gasteiger partial charge on any atom is 0.0813 e. The molecule has 102 valence electrons. The summed E-state index contributed by atoms with van der Waals surface area (Å²) in [5.74, 6) is 0. The summed E-state index contributed by atoms with van der Waals surface area (Å²) in [4.78, 5) is 19.0. The zero-order valence-electron chi connectivity index (χ0n) is 11.1. The fourth-order valence-corrected chi connectivity index (χ4v) is 2.40. The predicted octanol–water partition coefficient (Wildman–Crippen LogP) is 4.04. The molecule has 0 fully saturated rings. The lowest BCUT2D eigenvalue weighted by Gasteiger charge is -1.90. The molecule has 0 amide bonds. The van der Waals surface area contributed by atoms with Crippen LogP contribution in [0.2, 0.25) is 0 Å². The molecular weight excluding hydrogens is 280 g/mol. The number of aliphatic imine (C=N–C) groups is 2. The second kappa shape index (κ2) is 6.67. The highest BCUT2D eigenvalue weighted by atomic mass is 32.1. The van der Waals surface area contributed by atoms with Crippen molar-refractivity contribution in [2.75, 3.05) is 0 Å². The first-order valence-corrected chi connectivity index (χ1v) is 7.20. The van der Waals surface area contributed by atoms with Crippen molar-refractivity contribution in [1.82, 2.24) is 9.97 Å². The highest BCUT2D eigenvalue weighted by Crippen LogP contribution is 2.16. The molecule has 0 N–H and O–H groups in total. The average molecular weight is 292 g/mol. The van der Waals surface area contributed by atoms with Gasteiger partial charge in [-0.2, -0.15) is 0 Å². The number of hydrogen-bond donors (Lipinski definition) is 0. The van der Waals surface area contributed by atoms with Crippen LogP contribution in [-0.2, 0) is 0 Å². The Morgan fingerprint density at radius 3 is 1.71 bits per heavy atom. The van der Waals surface area contributed by atoms with Gasteiger partial charge in [0, 0.05) is 34.6 Å². The third-order valence-corrected chi connectivity index (χ3v) is 3.58. The first-order valence-electron chi connectivity index (χ1n) is 6.38. The van der Waals surface area contributed by atoms with Crippen molar-refractivity contribution in [3.05, 3.63) is 70.9 Å². The van der Waals surface area contributed by atoms with E-state index < -0.39 is 0 Å². The van der Waals surface area contributed by atoms with Crippen molar-refractivity contribution in [2.24, 2.45) is 9.98 Å². The minimum absolute atomic E-state index is 0.844. The van der Waals surface area contributed by atoms with Crippen LogP contribution >= 0.6 is 11.3 Å². The van der Waals surface area contributed by atoms with Crippen molar-refractivity contribution in [2.45, 2.75) is 0 Å². The van der Waals surface area contributed by atoms with Crippen LogP contribution in [0.25, 0.3) is 0 Å². The van der Waals surface area contributed by atoms with Gasteiger partial charge in [0.15, 0.2) is 0 Å². The van der Waals surface area contributed by atoms with E-state index in [1.807, 2.05) is 48.8 Å². The van der Waals surface area contributed by atoms with E-state index >= 15 is 0 Å². The third-order valence-electron chi connectivity index (χ3n) is 2.62. The highest BCUT2D eigenvalue weighted by molar-refractivity contribution is 7.15. The van der Waals surface area contributed by atoms with Crippen molar-refractivity contribution in [1.29, 1.82) is 0 Å². The highest BCUT2D eigenvalue weighted by Gasteiger charge is 1.96. The standard InChI is InChI=1S/C16H12N4S/c1-3-13(9-17-7-1)19-11-15-5-6-16(21-15)12-20-14-4-2-8-18-10-14/h1-12H. The smallest absolute Gasteiger partial charge is 0.0813 e. The number of hydrogen-bond acceptors (Lipinski definition) is 5. The number of aromatic nitrogens is 2. The zero-order valence-corrected chi connectivity index (χ0v) is 11.9. The Morgan fingerprint density at radius 2 is 1.29 bits per heavy atom. The van der Waals surface area contributed by atoms with E-state index in [4.69, 9.17) is 0 Å². The molecule has 0 aromatic carbocycles. The Kier molecular flexibility index (Phi) is 4.24. The molecule has 0 spiro atoms. The van der Waals surface area contributed by atoms with Crippen LogP contribution < -0.4 is 0 Å². The Balaban J connectivity index is 1.69. The topological polar surface area (TPSA) is 50.5 Å². The van der Waals surface area contributed by atoms with Gasteiger partial charge in [0.2, 0.25) is 0 Å². The van der Waals surface area contributed by atoms with Gasteiger partial charge in [0.05, 0.1) is 23.8 Å². The summed E-state index contributed by atoms with van der Waals surface area (Å²) >= 11 is 1.63. The van der Waals surface area contributed by atoms with Gasteiger partial charge in [-0.1, -0.05) is 0 Å². The lowest BCUT2D eigenvalue weighted by molar-refractivity contribution is 1.31. The summed E-state index contributed by atoms with van der Waals surface area (Å²) in [5, 5.41) is 0. The molecule has 0 atom stereocenters. The van der Waals surface area contributed by atoms with Crippen LogP contribution in [-0.4, -0.2) is 22.4 Å². The van der Waals surface area contributed by atoms with Crippen LogP contribution in [0.5, 0.6) is 0 Å². The molecule has 21 heavy (non-hydrogen) atoms. The van der Waals surface area contributed by atoms with Crippen LogP contribution in [0, 0.1) is 0 Å². The molecule has 5 heteroatoms. The molecule has 0 saturated carbocycles. The maximum absolute atomic E-state index is 4.38. The van der Waals surface area contributed by atoms with E-state index in [2.05, 4.69) is 20.0 Å². The van der Waals surface area contributed by atoms with Crippen LogP contribution in [0.4, 0.5) is 11.4 Å². The summed E-state index contributed by atoms with van der Waals surface area (Å²) in [7, 11) is 0. The normalized spacial score (nSPS) is 11.4. The van der Waals surface area contributed by atoms with E-state index in [-0.39, 0.29) is 0 Å². The fourth-order valence-electron chi connectivity index (χ4n) is 1.64. The minimum atomic E-state index is 0.844. The molecule has 0 radical (unpaired) electrons. The lowest BCUT2D eigenvalue weighted by Crippen LogP contribution is -1.74. The van der Waals surface area contributed by atoms with Gasteiger partial charge >= 0.3 is 0 Å². The number of pyridine rings is 2. The van der Waals surface area contributed by atoms with Crippen LogP contribution in [0.15, 0.2) is 71.2 Å². The van der Waals surface area contributed by atoms with Crippen molar-refractivity contribution in [3.63, 3.8) is 0 Å². The zero-order chi connectivity index (χ0) is 14.3. The van der Waals surface area contributed by atoms with Crippen LogP contribution in [0.1, 0.15) is 9.75 Å². The molecule has 0 aliphatic rings. The molecule has 3 aromatic rings. The largest absolute Gasteiger partial charge is 0.262 e. The summed E-state index contributed by atoms with van der Waals surface area (Å²) in [6.07, 6.45) is 10.6. The summed E-state index contributed by atoms with van der Waals surface area (Å²) in [5.41, 5.74) is 1.69. The molecule has 0 unspecified atom stereocenters. The predicted molar refractivity (Wildman–Crippen MR) is 87.3 cm³/mol. The summed E-state index contributed by atoms with van der Waals surface area (Å²) in [6, 6.07) is 11.6. The fraction of sp³-hybridized carbons (Fsp3) is 0. The Bertz CT molecular complexity index is 684. The molecule has 3 aromatic heterocycles. The van der Waals surface area contributed by atoms with Crippen molar-refractivity contribution in [3.8, 4) is 0 Å². The Hall–Kier alpha value is -2.66. The van der Waals surface area contributed by atoms with E-state index in [9.17, 15) is 0 Å². The average Bonchev–Trinajstić information content (AvgIpc) is 3.01. The van der Waals surface area contributed by atoms with Gasteiger partial charge in [-0.25, -0.2) is 0 Å². The minimum Gasteiger partial charge on any atom is -0.262 e. The third kappa shape index (κ3) is 3.90. The number of rotatable bonds is 4. The number of thiophene rings is 1. The van der Waals surface area contributed by atoms with E-state index in [1.165, 1.54) is 0 Å². The number of nitrogens with zero attached hydrogens (tertiary/aromatic N) is 4. The van der Waals surface area contributed by atoms with E-state index in [0.717, 1.165) is 21.1 Å². The quantitative estimate of drug-likeness (QED) is 0.681. The monoisotopic (exact) mass is 292 g/mol. The first-order chi connectivity index (χ1) is 10.4. The van der Waals surface area contributed by atoms with Crippen LogP contribution in [0.3, 0.4) is 0 Å². The van der Waals surface area contributed by atoms with E-state index in [0.29, 0.717) is 0 Å². The molecule has 0 bridgehead atoms. The maximum atomic E-state index is 4.38. The Morgan fingerprint density at radius 1 is 0.762 bits per heavy atom. The second-order valence-electron chi connectivity index (χ2n) is 4.18. The SMILES string of the molecule is C(=Nc1cccnc1)c1ccc(C=Nc2cccnc2)s1. The van der Waals surface area contributed by atoms with Crippen molar-refractivity contribution >= 4 is 35.1 Å². The second-order valence-corrected chi connectivity index (χ2v) is 5.33. The molecule has 3 rings (SSSR count). The van der Waals surface area contributed by atoms with E-state index in [1.54, 1.807) is 36.1 Å². The first kappa shape index (κ1) is 13.3. The van der Waals surface area contributed by atoms with Gasteiger partial charge in [-0.15, -0.1) is 11.3 Å². The lowest BCUT2D eigenvalue weighted by atomic mass is 10.4. The summed E-state index contributed by atoms with van der Waals surface area (Å²) in [6.45, 7) is 0. The molecule has 0 aliphatic carbocycles. The van der Waals surface area contributed by atoms with Crippen molar-refractivity contribution < 1.29 is 0 Å². The van der Waals surface area contributed by atoms with Gasteiger partial charge in [-0.3, -0.25) is 20.0 Å².